The van der Waals surface area contributed by atoms with E-state index in [0.717, 1.165) is 84.9 Å². The molecule has 0 saturated heterocycles. The number of hydrazone groups is 3. The minimum Gasteiger partial charge on any atom is -0.464 e. The van der Waals surface area contributed by atoms with Crippen molar-refractivity contribution < 1.29 is 43.9 Å². The maximum absolute atomic E-state index is 13.8. The number of carbonyl (C=O) groups is 3. The molecule has 21 heteroatoms. The number of ether oxygens (including phenoxy) is 3. The average Bonchev–Trinajstić information content (AvgIpc) is 0.815. The molecule has 0 heterocycles. The molecule has 0 saturated carbocycles. The Kier molecular flexibility index (Phi) is 32.1. The summed E-state index contributed by atoms with van der Waals surface area (Å²) in [7, 11) is 0. The molecule has 3 atom stereocenters. The Labute approximate surface area is 698 Å². The quantitative estimate of drug-likeness (QED) is 0.0141. The predicted molar refractivity (Wildman–Crippen MR) is 483 cm³/mol. The second-order valence-corrected chi connectivity index (χ2v) is 30.7. The van der Waals surface area contributed by atoms with Crippen molar-refractivity contribution in [2.75, 3.05) is 104 Å². The first-order valence-corrected chi connectivity index (χ1v) is 42.2. The third-order valence-corrected chi connectivity index (χ3v) is 22.0. The summed E-state index contributed by atoms with van der Waals surface area (Å²) >= 11 is 3.59. The summed E-state index contributed by atoms with van der Waals surface area (Å²) in [5.41, 5.74) is 12.7. The fraction of sp³-hybridized carbons (Fsp3) is 0.188. The first-order valence-electron chi connectivity index (χ1n) is 38.8. The molecular weight excluding hydrogens is 1520 g/mol. The summed E-state index contributed by atoms with van der Waals surface area (Å²) in [6.07, 6.45) is 2.76. The molecule has 18 nitrogen and oxygen atoms in total. The second-order valence-electron chi connectivity index (χ2n) is 27.6. The maximum atomic E-state index is 13.8. The molecule has 0 aliphatic heterocycles. The molecule has 0 fully saturated rings. The van der Waals surface area contributed by atoms with Crippen molar-refractivity contribution in [3.05, 3.63) is 362 Å². The highest BCUT2D eigenvalue weighted by molar-refractivity contribution is 8.00. The van der Waals surface area contributed by atoms with E-state index in [1.54, 1.807) is 33.7 Å². The predicted octanol–water partition coefficient (Wildman–Crippen LogP) is 19.3. The lowest BCUT2D eigenvalue weighted by molar-refractivity contribution is -0.158. The lowest BCUT2D eigenvalue weighted by Gasteiger charge is -2.31. The molecule has 12 rings (SSSR count). The Morgan fingerprint density at radius 3 is 0.684 bits per heavy atom. The van der Waals surface area contributed by atoms with Crippen LogP contribution in [0.2, 0.25) is 0 Å². The van der Waals surface area contributed by atoms with E-state index in [1.165, 1.54) is 35.3 Å². The van der Waals surface area contributed by atoms with Crippen molar-refractivity contribution in [1.82, 2.24) is 0 Å². The highest BCUT2D eigenvalue weighted by Gasteiger charge is 2.35. The van der Waals surface area contributed by atoms with E-state index >= 15 is 0 Å². The Hall–Kier alpha value is -12.2. The zero-order chi connectivity index (χ0) is 81.1. The number of para-hydroxylation sites is 9. The van der Waals surface area contributed by atoms with Crippen LogP contribution in [0.25, 0.3) is 0 Å². The summed E-state index contributed by atoms with van der Waals surface area (Å²) in [5.74, 6) is -1.62. The molecule has 0 aliphatic carbocycles. The third-order valence-electron chi connectivity index (χ3n) is 18.9. The molecule has 12 aromatic carbocycles. The highest BCUT2D eigenvalue weighted by Crippen LogP contribution is 2.38. The summed E-state index contributed by atoms with van der Waals surface area (Å²) < 4.78 is 17.8. The Morgan fingerprint density at radius 2 is 0.487 bits per heavy atom. The van der Waals surface area contributed by atoms with E-state index in [4.69, 9.17) is 29.5 Å². The SMILES string of the molecule is CCC(COC(=O)CSCC(O)CN(/N=C/c1ccc(N(c2ccccc2)c2ccccc2)cc1)c1ccccc1)(COC(=O)CSCC(O)CN(/N=C/c1ccc(N(c2ccccc2)c2ccccc2)cc1)c1ccccc1)COC(=O)CSCC(O)CN(/N=C/c1ccc(N(c2ccccc2)c2ccccc2)cc1)c1ccccc1. The van der Waals surface area contributed by atoms with Gasteiger partial charge in [-0.1, -0.05) is 207 Å². The first-order chi connectivity index (χ1) is 57.4. The van der Waals surface area contributed by atoms with E-state index in [0.29, 0.717) is 0 Å². The number of thioether (sulfide) groups is 3. The second kappa shape index (κ2) is 44.6. The van der Waals surface area contributed by atoms with Gasteiger partial charge in [0.25, 0.3) is 0 Å². The standard InChI is InChI=1S/C96H95N9O9S3/c1-2-96(72-112-93(109)69-115-66-90(106)63-100(78-30-12-3-13-31-78)97-60-75-48-54-87(55-49-75)103(81-36-18-6-19-37-81)82-38-20-7-21-39-82,73-113-94(110)70-116-67-91(107)64-101(79-32-14-4-15-33-79)98-61-76-50-56-88(57-51-76)104(83-40-22-8-23-41-83)84-42-24-9-25-43-84)74-114-95(111)71-117-68-92(108)65-102(80-34-16-5-17-35-80)99-62-77-52-58-89(59-53-77)105(85-44-26-10-27-45-85)86-46-28-11-29-47-86/h3-62,90-92,106-108H,2,63-74H2,1H3/b97-60+,98-61+,99-62+. The molecule has 0 amide bonds. The van der Waals surface area contributed by atoms with Gasteiger partial charge >= 0.3 is 17.9 Å². The van der Waals surface area contributed by atoms with Crippen LogP contribution in [-0.4, -0.2) is 144 Å². The molecule has 3 N–H and O–H groups in total. The largest absolute Gasteiger partial charge is 0.464 e. The normalized spacial score (nSPS) is 12.6. The highest BCUT2D eigenvalue weighted by atomic mass is 32.2. The van der Waals surface area contributed by atoms with Gasteiger partial charge in [0.2, 0.25) is 0 Å². The fourth-order valence-electron chi connectivity index (χ4n) is 12.6. The minimum absolute atomic E-state index is 0.116. The first kappa shape index (κ1) is 84.2. The number of anilines is 12. The number of nitrogens with zero attached hydrogens (tertiary/aromatic N) is 9. The molecule has 0 radical (unpaired) electrons. The third kappa shape index (κ3) is 25.9. The molecule has 12 aromatic rings. The number of hydrogen-bond acceptors (Lipinski definition) is 21. The van der Waals surface area contributed by atoms with Crippen molar-refractivity contribution in [2.24, 2.45) is 20.7 Å². The number of benzene rings is 12. The van der Waals surface area contributed by atoms with Gasteiger partial charge in [0.05, 0.1) is 96.3 Å². The van der Waals surface area contributed by atoms with Crippen molar-refractivity contribution in [3.8, 4) is 0 Å². The van der Waals surface area contributed by atoms with Gasteiger partial charge in [-0.2, -0.15) is 15.3 Å². The van der Waals surface area contributed by atoms with Gasteiger partial charge in [-0.3, -0.25) is 29.4 Å². The van der Waals surface area contributed by atoms with Gasteiger partial charge < -0.3 is 44.2 Å². The van der Waals surface area contributed by atoms with Crippen molar-refractivity contribution >= 4 is 140 Å². The summed E-state index contributed by atoms with van der Waals surface area (Å²) in [5, 5.41) is 54.3. The van der Waals surface area contributed by atoms with Gasteiger partial charge in [0.1, 0.15) is 19.8 Å². The molecule has 0 aromatic heterocycles. The van der Waals surface area contributed by atoms with Crippen molar-refractivity contribution in [1.29, 1.82) is 0 Å². The van der Waals surface area contributed by atoms with Crippen LogP contribution in [0, 0.1) is 5.41 Å². The molecule has 3 unspecified atom stereocenters. The number of carbonyl (C=O) groups excluding carboxylic acids is 3. The maximum Gasteiger partial charge on any atom is 0.315 e. The fourth-order valence-corrected chi connectivity index (χ4v) is 14.9. The van der Waals surface area contributed by atoms with Gasteiger partial charge in [-0.25, -0.2) is 0 Å². The summed E-state index contributed by atoms with van der Waals surface area (Å²) in [6.45, 7) is 1.38. The van der Waals surface area contributed by atoms with Crippen LogP contribution in [0.3, 0.4) is 0 Å². The van der Waals surface area contributed by atoms with Crippen LogP contribution in [0.1, 0.15) is 30.0 Å². The smallest absolute Gasteiger partial charge is 0.315 e. The monoisotopic (exact) mass is 1610 g/mol. The molecule has 117 heavy (non-hydrogen) atoms. The molecule has 596 valence electrons. The van der Waals surface area contributed by atoms with Crippen molar-refractivity contribution in [2.45, 2.75) is 31.7 Å². The zero-order valence-electron chi connectivity index (χ0n) is 65.1. The van der Waals surface area contributed by atoms with Crippen LogP contribution >= 0.6 is 35.3 Å². The number of hydrogen-bond donors (Lipinski definition) is 3. The average molecular weight is 1620 g/mol. The summed E-state index contributed by atoms with van der Waals surface area (Å²) in [4.78, 5) is 47.8. The number of esters is 3. The molecule has 0 bridgehead atoms. The lowest BCUT2D eigenvalue weighted by Crippen LogP contribution is -2.39. The van der Waals surface area contributed by atoms with Gasteiger partial charge in [0.15, 0.2) is 0 Å². The van der Waals surface area contributed by atoms with Gasteiger partial charge in [0, 0.05) is 68.4 Å². The topological polar surface area (TPSA) is 196 Å². The van der Waals surface area contributed by atoms with Crippen LogP contribution in [0.5, 0.6) is 0 Å². The molecule has 0 aliphatic rings. The number of aliphatic hydroxyl groups excluding tert-OH is 3. The van der Waals surface area contributed by atoms with Crippen LogP contribution in [-0.2, 0) is 28.6 Å². The Balaban J connectivity index is 0.658. The van der Waals surface area contributed by atoms with Crippen LogP contribution < -0.4 is 29.7 Å². The van der Waals surface area contributed by atoms with E-state index in [9.17, 15) is 29.7 Å². The number of aliphatic hydroxyl groups is 3. The van der Waals surface area contributed by atoms with E-state index in [-0.39, 0.29) is 80.4 Å². The molecular formula is C96H95N9O9S3. The minimum atomic E-state index is -1.17. The Morgan fingerprint density at radius 1 is 0.299 bits per heavy atom. The van der Waals surface area contributed by atoms with Crippen LogP contribution in [0.15, 0.2) is 361 Å². The molecule has 0 spiro atoms. The summed E-state index contributed by atoms with van der Waals surface area (Å²) in [6, 6.07) is 114. The lowest BCUT2D eigenvalue weighted by atomic mass is 9.88. The van der Waals surface area contributed by atoms with E-state index in [1.807, 2.05) is 280 Å². The van der Waals surface area contributed by atoms with E-state index in [2.05, 4.69) is 87.5 Å². The number of rotatable bonds is 43. The van der Waals surface area contributed by atoms with Crippen LogP contribution in [0.4, 0.5) is 68.2 Å². The van der Waals surface area contributed by atoms with E-state index < -0.39 is 41.6 Å². The van der Waals surface area contributed by atoms with Gasteiger partial charge in [-0.15, -0.1) is 35.3 Å². The Bertz CT molecular complexity index is 4410. The zero-order valence-corrected chi connectivity index (χ0v) is 67.6. The van der Waals surface area contributed by atoms with Crippen molar-refractivity contribution in [3.63, 3.8) is 0 Å². The van der Waals surface area contributed by atoms with Gasteiger partial charge in [-0.05, 0) is 169 Å².